The summed E-state index contributed by atoms with van der Waals surface area (Å²) in [5.41, 5.74) is -0.0324. The first kappa shape index (κ1) is 13.1. The number of amides is 1. The van der Waals surface area contributed by atoms with Crippen LogP contribution in [-0.4, -0.2) is 18.2 Å². The van der Waals surface area contributed by atoms with E-state index in [1.54, 1.807) is 11.3 Å². The molecule has 0 aliphatic carbocycles. The van der Waals surface area contributed by atoms with Crippen LogP contribution >= 0.6 is 39.9 Å². The average molecular weight is 308 g/mol. The molecule has 1 N–H and O–H groups in total. The highest BCUT2D eigenvalue weighted by Crippen LogP contribution is 2.30. The third-order valence-electron chi connectivity index (χ3n) is 2.11. The number of nitrogens with one attached hydrogen (secondary N) is 1. The molecule has 2 nitrogen and oxygen atoms in total. The third-order valence-corrected chi connectivity index (χ3v) is 4.45. The maximum atomic E-state index is 11.1. The second-order valence-electron chi connectivity index (χ2n) is 3.95. The van der Waals surface area contributed by atoms with Crippen LogP contribution in [0.15, 0.2) is 15.9 Å². The molecule has 0 fully saturated rings. The Morgan fingerprint density at radius 3 is 2.80 bits per heavy atom. The van der Waals surface area contributed by atoms with Crippen molar-refractivity contribution in [2.24, 2.45) is 0 Å². The summed E-state index contributed by atoms with van der Waals surface area (Å²) >= 11 is 9.05. The van der Waals surface area contributed by atoms with Gasteiger partial charge in [0.2, 0.25) is 5.91 Å². The third kappa shape index (κ3) is 3.81. The lowest BCUT2D eigenvalue weighted by Gasteiger charge is -2.23. The number of hydrogen-bond donors (Lipinski definition) is 2. The monoisotopic (exact) mass is 307 g/mol. The average Bonchev–Trinajstić information content (AvgIpc) is 2.62. The fourth-order valence-electron chi connectivity index (χ4n) is 1.13. The van der Waals surface area contributed by atoms with Gasteiger partial charge in [-0.2, -0.15) is 12.6 Å². The van der Waals surface area contributed by atoms with E-state index in [0.717, 1.165) is 4.47 Å². The van der Waals surface area contributed by atoms with Gasteiger partial charge in [0.15, 0.2) is 0 Å². The van der Waals surface area contributed by atoms with Crippen molar-refractivity contribution in [1.29, 1.82) is 0 Å². The van der Waals surface area contributed by atoms with Crippen LogP contribution in [0.25, 0.3) is 0 Å². The Labute approximate surface area is 108 Å². The van der Waals surface area contributed by atoms with E-state index in [9.17, 15) is 4.79 Å². The molecule has 0 spiro atoms. The van der Waals surface area contributed by atoms with Crippen LogP contribution < -0.4 is 5.32 Å². The van der Waals surface area contributed by atoms with Crippen molar-refractivity contribution in [3.05, 3.63) is 20.8 Å². The lowest BCUT2D eigenvalue weighted by Crippen LogP contribution is -2.36. The van der Waals surface area contributed by atoms with E-state index in [0.29, 0.717) is 6.54 Å². The normalized spacial score (nSPS) is 11.5. The molecule has 0 saturated carbocycles. The summed E-state index contributed by atoms with van der Waals surface area (Å²) in [6.45, 7) is 4.87. The first-order valence-electron chi connectivity index (χ1n) is 4.58. The van der Waals surface area contributed by atoms with Gasteiger partial charge in [0.25, 0.3) is 0 Å². The van der Waals surface area contributed by atoms with Gasteiger partial charge in [-0.15, -0.1) is 11.3 Å². The number of thiol groups is 1. The molecule has 0 atom stereocenters. The van der Waals surface area contributed by atoms with Gasteiger partial charge in [-0.25, -0.2) is 0 Å². The number of carbonyl (C=O) groups is 1. The van der Waals surface area contributed by atoms with E-state index in [2.05, 4.69) is 59.2 Å². The van der Waals surface area contributed by atoms with Crippen LogP contribution in [-0.2, 0) is 10.2 Å². The molecule has 0 saturated heterocycles. The molecule has 1 rings (SSSR count). The minimum Gasteiger partial charge on any atom is -0.354 e. The van der Waals surface area contributed by atoms with Gasteiger partial charge in [-0.05, 0) is 22.0 Å². The summed E-state index contributed by atoms with van der Waals surface area (Å²) in [5.74, 6) is 0.214. The van der Waals surface area contributed by atoms with E-state index in [-0.39, 0.29) is 17.1 Å². The van der Waals surface area contributed by atoms with Gasteiger partial charge in [0, 0.05) is 26.7 Å². The summed E-state index contributed by atoms with van der Waals surface area (Å²) in [7, 11) is 0. The fourth-order valence-corrected chi connectivity index (χ4v) is 2.80. The first-order valence-corrected chi connectivity index (χ1v) is 6.88. The minimum atomic E-state index is -0.0324. The maximum Gasteiger partial charge on any atom is 0.229 e. The van der Waals surface area contributed by atoms with Crippen molar-refractivity contribution in [3.8, 4) is 0 Å². The predicted molar refractivity (Wildman–Crippen MR) is 71.9 cm³/mol. The molecule has 84 valence electrons. The summed E-state index contributed by atoms with van der Waals surface area (Å²) in [6, 6.07) is 2.09. The summed E-state index contributed by atoms with van der Waals surface area (Å²) in [4.78, 5) is 12.4. The lowest BCUT2D eigenvalue weighted by molar-refractivity contribution is -0.118. The van der Waals surface area contributed by atoms with E-state index in [1.165, 1.54) is 4.88 Å². The topological polar surface area (TPSA) is 29.1 Å². The van der Waals surface area contributed by atoms with Gasteiger partial charge in [0.05, 0.1) is 5.75 Å². The SMILES string of the molecule is CC(C)(CNC(=O)CS)c1cc(Br)cs1. The van der Waals surface area contributed by atoms with Gasteiger partial charge in [0.1, 0.15) is 0 Å². The zero-order valence-corrected chi connectivity index (χ0v) is 12.0. The molecule has 0 radical (unpaired) electrons. The van der Waals surface area contributed by atoms with Crippen LogP contribution in [0.3, 0.4) is 0 Å². The number of thiophene rings is 1. The molecule has 0 bridgehead atoms. The molecule has 1 aromatic heterocycles. The van der Waals surface area contributed by atoms with E-state index >= 15 is 0 Å². The number of halogens is 1. The smallest absolute Gasteiger partial charge is 0.229 e. The van der Waals surface area contributed by atoms with Crippen LogP contribution in [0.5, 0.6) is 0 Å². The van der Waals surface area contributed by atoms with Gasteiger partial charge >= 0.3 is 0 Å². The summed E-state index contributed by atoms with van der Waals surface area (Å²) < 4.78 is 1.09. The Balaban J connectivity index is 2.63. The zero-order chi connectivity index (χ0) is 11.5. The zero-order valence-electron chi connectivity index (χ0n) is 8.71. The second-order valence-corrected chi connectivity index (χ2v) is 6.09. The van der Waals surface area contributed by atoms with Gasteiger partial charge in [-0.3, -0.25) is 4.79 Å². The number of hydrogen-bond acceptors (Lipinski definition) is 3. The Hall–Kier alpha value is -0.0000000000000000833. The van der Waals surface area contributed by atoms with Crippen molar-refractivity contribution < 1.29 is 4.79 Å². The highest BCUT2D eigenvalue weighted by atomic mass is 79.9. The van der Waals surface area contributed by atoms with Crippen molar-refractivity contribution in [1.82, 2.24) is 5.32 Å². The van der Waals surface area contributed by atoms with E-state index in [1.807, 2.05) is 0 Å². The largest absolute Gasteiger partial charge is 0.354 e. The molecule has 0 unspecified atom stereocenters. The maximum absolute atomic E-state index is 11.1. The van der Waals surface area contributed by atoms with Crippen molar-refractivity contribution >= 4 is 45.8 Å². The molecule has 0 aliphatic rings. The van der Waals surface area contributed by atoms with Crippen LogP contribution in [0, 0.1) is 0 Å². The van der Waals surface area contributed by atoms with E-state index < -0.39 is 0 Å². The second kappa shape index (κ2) is 5.37. The molecular weight excluding hydrogens is 294 g/mol. The summed E-state index contributed by atoms with van der Waals surface area (Å²) in [5, 5.41) is 4.91. The number of carbonyl (C=O) groups excluding carboxylic acids is 1. The van der Waals surface area contributed by atoms with E-state index in [4.69, 9.17) is 0 Å². The fraction of sp³-hybridized carbons (Fsp3) is 0.500. The minimum absolute atomic E-state index is 0.0259. The van der Waals surface area contributed by atoms with Gasteiger partial charge < -0.3 is 5.32 Å². The standard InChI is InChI=1S/C10H14BrNOS2/c1-10(2,6-12-9(13)4-14)8-3-7(11)5-15-8/h3,5,14H,4,6H2,1-2H3,(H,12,13). The quantitative estimate of drug-likeness (QED) is 0.823. The Morgan fingerprint density at radius 1 is 1.67 bits per heavy atom. The molecular formula is C10H14BrNOS2. The summed E-state index contributed by atoms with van der Waals surface area (Å²) in [6.07, 6.45) is 0. The van der Waals surface area contributed by atoms with Crippen molar-refractivity contribution in [2.75, 3.05) is 12.3 Å². The molecule has 0 aliphatic heterocycles. The molecule has 15 heavy (non-hydrogen) atoms. The molecule has 1 heterocycles. The van der Waals surface area contributed by atoms with Gasteiger partial charge in [-0.1, -0.05) is 13.8 Å². The van der Waals surface area contributed by atoms with Crippen LogP contribution in [0.2, 0.25) is 0 Å². The first-order chi connectivity index (χ1) is 6.95. The van der Waals surface area contributed by atoms with Crippen LogP contribution in [0.4, 0.5) is 0 Å². The predicted octanol–water partition coefficient (Wildman–Crippen LogP) is 2.83. The molecule has 1 aromatic rings. The molecule has 0 aromatic carbocycles. The molecule has 1 amide bonds. The highest BCUT2D eigenvalue weighted by molar-refractivity contribution is 9.10. The Kier molecular flexibility index (Phi) is 4.67. The van der Waals surface area contributed by atoms with Crippen molar-refractivity contribution in [3.63, 3.8) is 0 Å². The lowest BCUT2D eigenvalue weighted by atomic mass is 9.91. The number of rotatable bonds is 4. The van der Waals surface area contributed by atoms with Crippen LogP contribution in [0.1, 0.15) is 18.7 Å². The Morgan fingerprint density at radius 2 is 2.33 bits per heavy atom. The highest BCUT2D eigenvalue weighted by Gasteiger charge is 2.22. The molecule has 5 heteroatoms. The Bertz CT molecular complexity index is 349. The van der Waals surface area contributed by atoms with Crippen molar-refractivity contribution in [2.45, 2.75) is 19.3 Å².